The summed E-state index contributed by atoms with van der Waals surface area (Å²) in [6.07, 6.45) is 5.10. The van der Waals surface area contributed by atoms with Gasteiger partial charge in [0.1, 0.15) is 5.82 Å². The molecule has 5 heteroatoms. The molecule has 4 nitrogen and oxygen atoms in total. The van der Waals surface area contributed by atoms with Crippen molar-refractivity contribution in [1.29, 1.82) is 0 Å². The third-order valence-electron chi connectivity index (χ3n) is 4.17. The summed E-state index contributed by atoms with van der Waals surface area (Å²) in [5, 5.41) is 9.93. The lowest BCUT2D eigenvalue weighted by molar-refractivity contribution is 0.626. The van der Waals surface area contributed by atoms with Crippen LogP contribution in [0.1, 0.15) is 55.1 Å². The van der Waals surface area contributed by atoms with E-state index in [0.717, 1.165) is 10.9 Å². The fraction of sp³-hybridized carbons (Fsp3) is 0.500. The summed E-state index contributed by atoms with van der Waals surface area (Å²) in [5.74, 6) is 2.73. The van der Waals surface area contributed by atoms with Crippen LogP contribution in [0.2, 0.25) is 0 Å². The zero-order valence-corrected chi connectivity index (χ0v) is 12.8. The van der Waals surface area contributed by atoms with Gasteiger partial charge in [-0.2, -0.15) is 0 Å². The largest absolute Gasteiger partial charge is 0.323 e. The molecule has 4 rings (SSSR count). The van der Waals surface area contributed by atoms with Crippen molar-refractivity contribution in [3.63, 3.8) is 0 Å². The van der Waals surface area contributed by atoms with Crippen LogP contribution < -0.4 is 5.73 Å². The van der Waals surface area contributed by atoms with Crippen molar-refractivity contribution in [2.24, 2.45) is 5.73 Å². The predicted octanol–water partition coefficient (Wildman–Crippen LogP) is 3.28. The molecule has 0 amide bonds. The molecule has 0 saturated heterocycles. The maximum absolute atomic E-state index is 6.29. The first-order chi connectivity index (χ1) is 10.3. The van der Waals surface area contributed by atoms with Crippen LogP contribution >= 0.6 is 11.8 Å². The Morgan fingerprint density at radius 3 is 2.57 bits per heavy atom. The van der Waals surface area contributed by atoms with Crippen molar-refractivity contribution in [1.82, 2.24) is 14.8 Å². The van der Waals surface area contributed by atoms with Crippen LogP contribution in [0.25, 0.3) is 0 Å². The molecule has 2 aliphatic rings. The second kappa shape index (κ2) is 5.46. The Morgan fingerprint density at radius 2 is 1.90 bits per heavy atom. The molecule has 1 atom stereocenters. The highest BCUT2D eigenvalue weighted by Crippen LogP contribution is 2.46. The Morgan fingerprint density at radius 1 is 1.14 bits per heavy atom. The molecule has 2 fully saturated rings. The zero-order chi connectivity index (χ0) is 14.2. The molecule has 0 bridgehead atoms. The van der Waals surface area contributed by atoms with Gasteiger partial charge in [-0.1, -0.05) is 42.1 Å². The first-order valence-corrected chi connectivity index (χ1v) is 8.69. The summed E-state index contributed by atoms with van der Waals surface area (Å²) in [6.45, 7) is 0. The second-order valence-corrected chi connectivity index (χ2v) is 7.03. The van der Waals surface area contributed by atoms with E-state index < -0.39 is 0 Å². The molecular weight excluding hydrogens is 280 g/mol. The summed E-state index contributed by atoms with van der Waals surface area (Å²) in [5.41, 5.74) is 7.47. The summed E-state index contributed by atoms with van der Waals surface area (Å²) >= 11 is 1.75. The van der Waals surface area contributed by atoms with Crippen LogP contribution in [-0.4, -0.2) is 20.5 Å². The molecule has 1 aromatic carbocycles. The molecule has 2 N–H and O–H groups in total. The van der Waals surface area contributed by atoms with E-state index in [0.29, 0.717) is 12.0 Å². The van der Waals surface area contributed by atoms with Crippen LogP contribution in [0.15, 0.2) is 35.5 Å². The van der Waals surface area contributed by atoms with E-state index in [4.69, 9.17) is 5.73 Å². The minimum atomic E-state index is 0.0462. The Kier molecular flexibility index (Phi) is 3.47. The quantitative estimate of drug-likeness (QED) is 0.832. The van der Waals surface area contributed by atoms with Crippen LogP contribution in [0, 0.1) is 0 Å². The average Bonchev–Trinajstić information content (AvgIpc) is 3.44. The van der Waals surface area contributed by atoms with Gasteiger partial charge in [-0.15, -0.1) is 10.2 Å². The van der Waals surface area contributed by atoms with Crippen molar-refractivity contribution >= 4 is 11.8 Å². The van der Waals surface area contributed by atoms with Gasteiger partial charge in [-0.05, 0) is 31.2 Å². The van der Waals surface area contributed by atoms with Gasteiger partial charge in [-0.25, -0.2) is 0 Å². The Hall–Kier alpha value is -1.33. The van der Waals surface area contributed by atoms with E-state index in [9.17, 15) is 0 Å². The van der Waals surface area contributed by atoms with Gasteiger partial charge in [0, 0.05) is 23.8 Å². The standard InChI is InChI=1S/C16H20N4S/c17-14(11-4-2-1-3-5-11)10-21-16-19-18-15(12-6-7-12)20(16)13-8-9-13/h1-5,12-14H,6-10,17H2. The number of benzene rings is 1. The van der Waals surface area contributed by atoms with E-state index >= 15 is 0 Å². The van der Waals surface area contributed by atoms with Gasteiger partial charge in [0.05, 0.1) is 0 Å². The smallest absolute Gasteiger partial charge is 0.191 e. The predicted molar refractivity (Wildman–Crippen MR) is 84.4 cm³/mol. The van der Waals surface area contributed by atoms with E-state index in [1.54, 1.807) is 11.8 Å². The highest BCUT2D eigenvalue weighted by molar-refractivity contribution is 7.99. The van der Waals surface area contributed by atoms with Crippen molar-refractivity contribution in [3.05, 3.63) is 41.7 Å². The molecule has 0 spiro atoms. The zero-order valence-electron chi connectivity index (χ0n) is 12.0. The van der Waals surface area contributed by atoms with Crippen LogP contribution in [0.4, 0.5) is 0 Å². The molecule has 110 valence electrons. The number of nitrogens with two attached hydrogens (primary N) is 1. The maximum Gasteiger partial charge on any atom is 0.191 e. The molecule has 0 aliphatic heterocycles. The van der Waals surface area contributed by atoms with Gasteiger partial charge in [-0.3, -0.25) is 0 Å². The molecule has 2 aliphatic carbocycles. The summed E-state index contributed by atoms with van der Waals surface area (Å²) < 4.78 is 2.39. The Bertz CT molecular complexity index is 616. The van der Waals surface area contributed by atoms with Crippen LogP contribution in [0.3, 0.4) is 0 Å². The Labute approximate surface area is 129 Å². The summed E-state index contributed by atoms with van der Waals surface area (Å²) in [4.78, 5) is 0. The van der Waals surface area contributed by atoms with Gasteiger partial charge in [0.25, 0.3) is 0 Å². The van der Waals surface area contributed by atoms with E-state index in [-0.39, 0.29) is 6.04 Å². The number of rotatable bonds is 6. The monoisotopic (exact) mass is 300 g/mol. The molecule has 2 aromatic rings. The van der Waals surface area contributed by atoms with E-state index in [2.05, 4.69) is 26.9 Å². The second-order valence-electron chi connectivity index (χ2n) is 6.04. The molecule has 0 radical (unpaired) electrons. The van der Waals surface area contributed by atoms with E-state index in [1.807, 2.05) is 18.2 Å². The van der Waals surface area contributed by atoms with Gasteiger partial charge < -0.3 is 10.3 Å². The van der Waals surface area contributed by atoms with Gasteiger partial charge in [0.15, 0.2) is 5.16 Å². The number of nitrogens with zero attached hydrogens (tertiary/aromatic N) is 3. The van der Waals surface area contributed by atoms with Crippen molar-refractivity contribution in [3.8, 4) is 0 Å². The maximum atomic E-state index is 6.29. The normalized spacial score (nSPS) is 19.7. The fourth-order valence-corrected chi connectivity index (χ4v) is 3.64. The molecular formula is C16H20N4S. The highest BCUT2D eigenvalue weighted by atomic mass is 32.2. The molecule has 2 saturated carbocycles. The molecule has 1 unspecified atom stereocenters. The highest BCUT2D eigenvalue weighted by Gasteiger charge is 2.36. The minimum absolute atomic E-state index is 0.0462. The number of thioether (sulfide) groups is 1. The van der Waals surface area contributed by atoms with Crippen LogP contribution in [-0.2, 0) is 0 Å². The SMILES string of the molecule is NC(CSc1nnc(C2CC2)n1C1CC1)c1ccccc1. The van der Waals surface area contributed by atoms with E-state index in [1.165, 1.54) is 37.1 Å². The molecule has 1 heterocycles. The first kappa shape index (κ1) is 13.3. The summed E-state index contributed by atoms with van der Waals surface area (Å²) in [6, 6.07) is 11.0. The number of aromatic nitrogens is 3. The Balaban J connectivity index is 1.47. The van der Waals surface area contributed by atoms with Gasteiger partial charge in [0.2, 0.25) is 0 Å². The fourth-order valence-electron chi connectivity index (χ4n) is 2.64. The minimum Gasteiger partial charge on any atom is -0.323 e. The molecule has 21 heavy (non-hydrogen) atoms. The van der Waals surface area contributed by atoms with Gasteiger partial charge >= 0.3 is 0 Å². The number of hydrogen-bond acceptors (Lipinski definition) is 4. The lowest BCUT2D eigenvalue weighted by Crippen LogP contribution is -2.13. The first-order valence-electron chi connectivity index (χ1n) is 7.71. The average molecular weight is 300 g/mol. The lowest BCUT2D eigenvalue weighted by Gasteiger charge is -2.12. The van der Waals surface area contributed by atoms with Crippen molar-refractivity contribution < 1.29 is 0 Å². The van der Waals surface area contributed by atoms with Crippen LogP contribution in [0.5, 0.6) is 0 Å². The van der Waals surface area contributed by atoms with Crippen molar-refractivity contribution in [2.45, 2.75) is 48.8 Å². The molecule has 1 aromatic heterocycles. The lowest BCUT2D eigenvalue weighted by atomic mass is 10.1. The third kappa shape index (κ3) is 2.85. The summed E-state index contributed by atoms with van der Waals surface area (Å²) in [7, 11) is 0. The van der Waals surface area contributed by atoms with Crippen molar-refractivity contribution in [2.75, 3.05) is 5.75 Å². The topological polar surface area (TPSA) is 56.7 Å². The number of hydrogen-bond donors (Lipinski definition) is 1. The third-order valence-corrected chi connectivity index (χ3v) is 5.23.